The summed E-state index contributed by atoms with van der Waals surface area (Å²) in [7, 11) is 0. The summed E-state index contributed by atoms with van der Waals surface area (Å²) in [5.74, 6) is 0. The molecular formula is C9H7N3. The number of hydrogen-bond donors (Lipinski definition) is 0. The molecule has 0 radical (unpaired) electrons. The van der Waals surface area contributed by atoms with Gasteiger partial charge in [-0.25, -0.2) is 9.98 Å². The van der Waals surface area contributed by atoms with E-state index in [1.807, 2.05) is 6.07 Å². The van der Waals surface area contributed by atoms with Gasteiger partial charge in [0.1, 0.15) is 12.1 Å². The van der Waals surface area contributed by atoms with E-state index in [2.05, 4.69) is 32.9 Å². The summed E-state index contributed by atoms with van der Waals surface area (Å²) < 4.78 is 2.16. The van der Waals surface area contributed by atoms with Crippen LogP contribution in [0.15, 0.2) is 40.1 Å². The zero-order chi connectivity index (χ0) is 7.97. The van der Waals surface area contributed by atoms with Gasteiger partial charge >= 0.3 is 0 Å². The summed E-state index contributed by atoms with van der Waals surface area (Å²) in [5, 5.41) is 0. The molecule has 12 heavy (non-hydrogen) atoms. The molecule has 0 N–H and O–H groups in total. The van der Waals surface area contributed by atoms with E-state index in [4.69, 9.17) is 0 Å². The quantitative estimate of drug-likeness (QED) is 0.542. The van der Waals surface area contributed by atoms with Crippen LogP contribution in [0.25, 0.3) is 0 Å². The van der Waals surface area contributed by atoms with E-state index in [1.165, 1.54) is 5.69 Å². The van der Waals surface area contributed by atoms with Gasteiger partial charge in [-0.3, -0.25) is 0 Å². The molecule has 2 aliphatic rings. The number of fused-ring (bicyclic) bond motifs is 3. The minimum Gasteiger partial charge on any atom is -0.342 e. The molecule has 0 unspecified atom stereocenters. The van der Waals surface area contributed by atoms with Crippen LogP contribution in [-0.2, 0) is 6.54 Å². The molecule has 0 amide bonds. The molecule has 3 nitrogen and oxygen atoms in total. The van der Waals surface area contributed by atoms with Crippen molar-refractivity contribution < 1.29 is 0 Å². The Labute approximate surface area is 69.8 Å². The number of nitrogens with zero attached hydrogens (tertiary/aromatic N) is 3. The smallest absolute Gasteiger partial charge is 0.116 e. The average Bonchev–Trinajstić information content (AvgIpc) is 2.71. The average molecular weight is 157 g/mol. The van der Waals surface area contributed by atoms with Crippen molar-refractivity contribution in [1.82, 2.24) is 4.57 Å². The number of allylic oxidation sites excluding steroid dienone is 2. The third-order valence-electron chi connectivity index (χ3n) is 2.18. The van der Waals surface area contributed by atoms with Gasteiger partial charge in [-0.2, -0.15) is 0 Å². The van der Waals surface area contributed by atoms with Crippen LogP contribution in [0.4, 0.5) is 0 Å². The first-order valence-electron chi connectivity index (χ1n) is 3.91. The molecule has 0 saturated heterocycles. The highest BCUT2D eigenvalue weighted by Gasteiger charge is 2.19. The van der Waals surface area contributed by atoms with E-state index < -0.39 is 0 Å². The van der Waals surface area contributed by atoms with Crippen LogP contribution >= 0.6 is 0 Å². The number of rotatable bonds is 0. The zero-order valence-electron chi connectivity index (χ0n) is 6.44. The fraction of sp³-hybridized carbons (Fsp3) is 0.111. The maximum atomic E-state index is 4.21. The highest BCUT2D eigenvalue weighted by atomic mass is 15.0. The first-order valence-corrected chi connectivity index (χ1v) is 3.91. The SMILES string of the molecule is C1=NC2=CCn3cccc3C2=N1. The predicted molar refractivity (Wildman–Crippen MR) is 47.5 cm³/mol. The second-order valence-electron chi connectivity index (χ2n) is 2.86. The molecule has 0 spiro atoms. The third kappa shape index (κ3) is 0.605. The van der Waals surface area contributed by atoms with E-state index in [1.54, 1.807) is 6.34 Å². The largest absolute Gasteiger partial charge is 0.342 e. The number of hydrogen-bond acceptors (Lipinski definition) is 2. The van der Waals surface area contributed by atoms with Crippen molar-refractivity contribution in [2.75, 3.05) is 0 Å². The highest BCUT2D eigenvalue weighted by Crippen LogP contribution is 2.19. The maximum Gasteiger partial charge on any atom is 0.116 e. The van der Waals surface area contributed by atoms with Crippen molar-refractivity contribution in [2.24, 2.45) is 9.98 Å². The van der Waals surface area contributed by atoms with Gasteiger partial charge in [0, 0.05) is 12.7 Å². The van der Waals surface area contributed by atoms with E-state index >= 15 is 0 Å². The summed E-state index contributed by atoms with van der Waals surface area (Å²) in [6.45, 7) is 0.911. The van der Waals surface area contributed by atoms with Crippen LogP contribution in [0.1, 0.15) is 5.69 Å². The van der Waals surface area contributed by atoms with Gasteiger partial charge in [0.05, 0.1) is 11.4 Å². The molecule has 1 aromatic heterocycles. The Morgan fingerprint density at radius 3 is 3.42 bits per heavy atom. The van der Waals surface area contributed by atoms with Crippen molar-refractivity contribution in [3.63, 3.8) is 0 Å². The fourth-order valence-corrected chi connectivity index (χ4v) is 1.60. The molecule has 3 rings (SSSR count). The predicted octanol–water partition coefficient (Wildman–Crippen LogP) is 1.22. The van der Waals surface area contributed by atoms with Gasteiger partial charge in [0.25, 0.3) is 0 Å². The van der Waals surface area contributed by atoms with Gasteiger partial charge in [-0.05, 0) is 18.2 Å². The van der Waals surface area contributed by atoms with Crippen molar-refractivity contribution in [3.8, 4) is 0 Å². The van der Waals surface area contributed by atoms with Crippen LogP contribution in [0.3, 0.4) is 0 Å². The molecule has 2 aliphatic heterocycles. The molecule has 0 atom stereocenters. The van der Waals surface area contributed by atoms with Crippen LogP contribution in [0.5, 0.6) is 0 Å². The molecule has 3 heteroatoms. The first-order chi connectivity index (χ1) is 5.95. The number of aliphatic imine (C=N–C) groups is 2. The van der Waals surface area contributed by atoms with Crippen LogP contribution in [0, 0.1) is 0 Å². The monoisotopic (exact) mass is 157 g/mol. The van der Waals surface area contributed by atoms with Gasteiger partial charge < -0.3 is 4.57 Å². The summed E-state index contributed by atoms with van der Waals surface area (Å²) in [5.41, 5.74) is 3.19. The molecule has 3 heterocycles. The molecule has 58 valence electrons. The Balaban J connectivity index is 2.26. The van der Waals surface area contributed by atoms with Gasteiger partial charge in [-0.1, -0.05) is 0 Å². The van der Waals surface area contributed by atoms with E-state index in [0.29, 0.717) is 0 Å². The lowest BCUT2D eigenvalue weighted by Crippen LogP contribution is -2.14. The number of aromatic nitrogens is 1. The standard InChI is InChI=1S/C9H7N3/c1-2-8-9-7(10-6-11-9)3-5-12(8)4-1/h1-4,6H,5H2. The molecule has 0 bridgehead atoms. The van der Waals surface area contributed by atoms with Crippen LogP contribution < -0.4 is 0 Å². The third-order valence-corrected chi connectivity index (χ3v) is 2.18. The molecule has 0 fully saturated rings. The zero-order valence-corrected chi connectivity index (χ0v) is 6.44. The molecule has 0 aliphatic carbocycles. The summed E-state index contributed by atoms with van der Waals surface area (Å²) in [6.07, 6.45) is 5.77. The lowest BCUT2D eigenvalue weighted by molar-refractivity contribution is 0.806. The van der Waals surface area contributed by atoms with Gasteiger partial charge in [-0.15, -0.1) is 0 Å². The Morgan fingerprint density at radius 2 is 2.42 bits per heavy atom. The summed E-state index contributed by atoms with van der Waals surface area (Å²) in [4.78, 5) is 8.36. The molecule has 0 aromatic carbocycles. The molecule has 0 saturated carbocycles. The lowest BCUT2D eigenvalue weighted by atomic mass is 10.1. The second kappa shape index (κ2) is 1.94. The normalized spacial score (nSPS) is 18.3. The van der Waals surface area contributed by atoms with Crippen molar-refractivity contribution in [2.45, 2.75) is 6.54 Å². The Morgan fingerprint density at radius 1 is 1.42 bits per heavy atom. The molecular weight excluding hydrogens is 150 g/mol. The first kappa shape index (κ1) is 5.94. The fourth-order valence-electron chi connectivity index (χ4n) is 1.60. The lowest BCUT2D eigenvalue weighted by Gasteiger charge is -2.12. The van der Waals surface area contributed by atoms with E-state index in [0.717, 1.165) is 18.0 Å². The van der Waals surface area contributed by atoms with Gasteiger partial charge in [0.15, 0.2) is 0 Å². The van der Waals surface area contributed by atoms with E-state index in [-0.39, 0.29) is 0 Å². The van der Waals surface area contributed by atoms with Crippen molar-refractivity contribution >= 4 is 12.1 Å². The maximum absolute atomic E-state index is 4.21. The summed E-state index contributed by atoms with van der Waals surface area (Å²) >= 11 is 0. The Hall–Kier alpha value is -1.64. The van der Waals surface area contributed by atoms with Crippen LogP contribution in [-0.4, -0.2) is 16.6 Å². The van der Waals surface area contributed by atoms with Crippen LogP contribution in [0.2, 0.25) is 0 Å². The Bertz CT molecular complexity index is 421. The minimum atomic E-state index is 0.911. The Kier molecular flexibility index (Phi) is 0.961. The second-order valence-corrected chi connectivity index (χ2v) is 2.86. The molecule has 1 aromatic rings. The van der Waals surface area contributed by atoms with Gasteiger partial charge in [0.2, 0.25) is 0 Å². The topological polar surface area (TPSA) is 29.6 Å². The van der Waals surface area contributed by atoms with Crippen molar-refractivity contribution in [3.05, 3.63) is 35.8 Å². The van der Waals surface area contributed by atoms with Crippen molar-refractivity contribution in [1.29, 1.82) is 0 Å². The highest BCUT2D eigenvalue weighted by molar-refractivity contribution is 6.17. The van der Waals surface area contributed by atoms with E-state index in [9.17, 15) is 0 Å². The minimum absolute atomic E-state index is 0.911. The summed E-state index contributed by atoms with van der Waals surface area (Å²) in [6, 6.07) is 4.10.